The van der Waals surface area contributed by atoms with Crippen molar-refractivity contribution >= 4 is 49.6 Å². The van der Waals surface area contributed by atoms with Crippen molar-refractivity contribution in [2.45, 2.75) is 0 Å². The highest BCUT2D eigenvalue weighted by atomic mass is 16.3. The van der Waals surface area contributed by atoms with Crippen molar-refractivity contribution in [3.63, 3.8) is 0 Å². The van der Waals surface area contributed by atoms with Gasteiger partial charge in [-0.05, 0) is 64.4 Å². The van der Waals surface area contributed by atoms with Crippen LogP contribution in [0.5, 0.6) is 0 Å². The zero-order chi connectivity index (χ0) is 27.9. The molecule has 8 aromatic rings. The zero-order valence-electron chi connectivity index (χ0n) is 22.9. The van der Waals surface area contributed by atoms with Crippen molar-refractivity contribution in [3.8, 4) is 22.5 Å². The molecule has 0 spiro atoms. The second kappa shape index (κ2) is 10.1. The Labute approximate surface area is 244 Å². The highest BCUT2D eigenvalue weighted by Gasteiger charge is 2.17. The number of furan rings is 1. The first-order valence-electron chi connectivity index (χ1n) is 14.3. The first kappa shape index (κ1) is 24.2. The Balaban J connectivity index is 1.24. The highest BCUT2D eigenvalue weighted by molar-refractivity contribution is 6.04. The van der Waals surface area contributed by atoms with Crippen LogP contribution >= 0.6 is 0 Å². The van der Waals surface area contributed by atoms with Gasteiger partial charge in [-0.1, -0.05) is 121 Å². The molecule has 0 aliphatic rings. The molecule has 0 unspecified atom stereocenters. The second-order valence-electron chi connectivity index (χ2n) is 10.6. The largest absolute Gasteiger partial charge is 0.456 e. The monoisotopic (exact) mass is 537 g/mol. The Hall–Kier alpha value is -5.60. The lowest BCUT2D eigenvalue weighted by molar-refractivity contribution is 0.631. The fourth-order valence-electron chi connectivity index (χ4n) is 5.99. The summed E-state index contributed by atoms with van der Waals surface area (Å²) in [6, 6.07) is 58.0. The normalized spacial score (nSPS) is 11.3. The van der Waals surface area contributed by atoms with Gasteiger partial charge in [-0.2, -0.15) is 0 Å². The average molecular weight is 538 g/mol. The van der Waals surface area contributed by atoms with E-state index in [1.165, 1.54) is 21.5 Å². The number of para-hydroxylation sites is 1. The maximum atomic E-state index is 6.16. The van der Waals surface area contributed by atoms with Crippen LogP contribution in [0.3, 0.4) is 0 Å². The quantitative estimate of drug-likeness (QED) is 0.217. The molecule has 0 amide bonds. The fraction of sp³-hybridized carbons (Fsp3) is 0. The standard InChI is InChI=1S/C40H27NO/c1-4-17-35-29(10-1)13-8-19-37(35)41(38-20-9-14-30-11-2-5-18-36(30)38)34-24-22-28(23-25-34)31-15-7-16-32(26-31)40-27-33-12-3-6-21-39(33)42-40/h1-27H. The van der Waals surface area contributed by atoms with Crippen molar-refractivity contribution in [1.82, 2.24) is 0 Å². The summed E-state index contributed by atoms with van der Waals surface area (Å²) in [7, 11) is 0. The number of rotatable bonds is 5. The summed E-state index contributed by atoms with van der Waals surface area (Å²) in [5.41, 5.74) is 7.71. The van der Waals surface area contributed by atoms with E-state index >= 15 is 0 Å². The van der Waals surface area contributed by atoms with Crippen LogP contribution in [-0.4, -0.2) is 0 Å². The Morgan fingerprint density at radius 2 is 0.929 bits per heavy atom. The molecule has 0 saturated heterocycles. The number of hydrogen-bond acceptors (Lipinski definition) is 2. The summed E-state index contributed by atoms with van der Waals surface area (Å²) >= 11 is 0. The summed E-state index contributed by atoms with van der Waals surface area (Å²) in [5, 5.41) is 5.99. The number of nitrogens with zero attached hydrogens (tertiary/aromatic N) is 1. The van der Waals surface area contributed by atoms with E-state index < -0.39 is 0 Å². The van der Waals surface area contributed by atoms with Gasteiger partial charge in [-0.25, -0.2) is 0 Å². The van der Waals surface area contributed by atoms with Gasteiger partial charge in [0.25, 0.3) is 0 Å². The van der Waals surface area contributed by atoms with Gasteiger partial charge in [0.2, 0.25) is 0 Å². The molecular formula is C40H27NO. The molecule has 8 rings (SSSR count). The van der Waals surface area contributed by atoms with Gasteiger partial charge in [0.05, 0.1) is 11.4 Å². The minimum absolute atomic E-state index is 0.882. The molecule has 0 aliphatic carbocycles. The van der Waals surface area contributed by atoms with Gasteiger partial charge < -0.3 is 9.32 Å². The summed E-state index contributed by atoms with van der Waals surface area (Å²) in [6.07, 6.45) is 0. The predicted molar refractivity (Wildman–Crippen MR) is 177 cm³/mol. The summed E-state index contributed by atoms with van der Waals surface area (Å²) in [4.78, 5) is 2.39. The minimum atomic E-state index is 0.882. The van der Waals surface area contributed by atoms with Crippen molar-refractivity contribution < 1.29 is 4.42 Å². The molecule has 2 nitrogen and oxygen atoms in total. The maximum absolute atomic E-state index is 6.16. The van der Waals surface area contributed by atoms with Crippen LogP contribution in [0.4, 0.5) is 17.1 Å². The van der Waals surface area contributed by atoms with E-state index in [0.717, 1.165) is 50.5 Å². The first-order chi connectivity index (χ1) is 20.8. The predicted octanol–water partition coefficient (Wildman–Crippen LogP) is 11.5. The molecule has 0 fully saturated rings. The summed E-state index contributed by atoms with van der Waals surface area (Å²) in [5.74, 6) is 0.882. The highest BCUT2D eigenvalue weighted by Crippen LogP contribution is 2.42. The molecule has 0 saturated carbocycles. The van der Waals surface area contributed by atoms with E-state index in [9.17, 15) is 0 Å². The summed E-state index contributed by atoms with van der Waals surface area (Å²) in [6.45, 7) is 0. The van der Waals surface area contributed by atoms with E-state index in [0.29, 0.717) is 0 Å². The van der Waals surface area contributed by atoms with E-state index in [-0.39, 0.29) is 0 Å². The molecule has 7 aromatic carbocycles. The lowest BCUT2D eigenvalue weighted by Crippen LogP contribution is -2.11. The molecular weight excluding hydrogens is 510 g/mol. The van der Waals surface area contributed by atoms with E-state index in [1.807, 2.05) is 18.2 Å². The van der Waals surface area contributed by atoms with E-state index in [2.05, 4.69) is 150 Å². The minimum Gasteiger partial charge on any atom is -0.456 e. The van der Waals surface area contributed by atoms with Crippen LogP contribution < -0.4 is 4.90 Å². The number of benzene rings is 7. The summed E-state index contributed by atoms with van der Waals surface area (Å²) < 4.78 is 6.16. The third kappa shape index (κ3) is 4.22. The van der Waals surface area contributed by atoms with Gasteiger partial charge in [0.15, 0.2) is 0 Å². The van der Waals surface area contributed by atoms with Gasteiger partial charge in [-0.3, -0.25) is 0 Å². The molecule has 0 bridgehead atoms. The molecule has 1 aromatic heterocycles. The van der Waals surface area contributed by atoms with Gasteiger partial charge in [-0.15, -0.1) is 0 Å². The van der Waals surface area contributed by atoms with Crippen molar-refractivity contribution in [1.29, 1.82) is 0 Å². The molecule has 0 N–H and O–H groups in total. The molecule has 0 atom stereocenters. The topological polar surface area (TPSA) is 16.4 Å². The smallest absolute Gasteiger partial charge is 0.135 e. The molecule has 2 heteroatoms. The van der Waals surface area contributed by atoms with Gasteiger partial charge >= 0.3 is 0 Å². The van der Waals surface area contributed by atoms with Gasteiger partial charge in [0, 0.05) is 27.4 Å². The Morgan fingerprint density at radius 1 is 0.381 bits per heavy atom. The lowest BCUT2D eigenvalue weighted by Gasteiger charge is -2.28. The molecule has 1 heterocycles. The van der Waals surface area contributed by atoms with Crippen LogP contribution in [0, 0.1) is 0 Å². The zero-order valence-corrected chi connectivity index (χ0v) is 22.9. The third-order valence-corrected chi connectivity index (χ3v) is 8.05. The lowest BCUT2D eigenvalue weighted by atomic mass is 10.0. The van der Waals surface area contributed by atoms with E-state index in [4.69, 9.17) is 4.42 Å². The number of hydrogen-bond donors (Lipinski definition) is 0. The van der Waals surface area contributed by atoms with Crippen molar-refractivity contribution in [3.05, 3.63) is 164 Å². The van der Waals surface area contributed by atoms with Crippen molar-refractivity contribution in [2.24, 2.45) is 0 Å². The van der Waals surface area contributed by atoms with Crippen LogP contribution in [0.1, 0.15) is 0 Å². The average Bonchev–Trinajstić information content (AvgIpc) is 3.50. The van der Waals surface area contributed by atoms with Crippen LogP contribution in [-0.2, 0) is 0 Å². The van der Waals surface area contributed by atoms with Gasteiger partial charge in [0.1, 0.15) is 11.3 Å². The Bertz CT molecular complexity index is 2080. The SMILES string of the molecule is c1cc(-c2ccc(N(c3cccc4ccccc34)c3cccc4ccccc34)cc2)cc(-c2cc3ccccc3o2)c1. The first-order valence-corrected chi connectivity index (χ1v) is 14.3. The third-order valence-electron chi connectivity index (χ3n) is 8.05. The maximum Gasteiger partial charge on any atom is 0.135 e. The Morgan fingerprint density at radius 3 is 1.60 bits per heavy atom. The van der Waals surface area contributed by atoms with Crippen LogP contribution in [0.25, 0.3) is 55.0 Å². The van der Waals surface area contributed by atoms with E-state index in [1.54, 1.807) is 0 Å². The molecule has 42 heavy (non-hydrogen) atoms. The van der Waals surface area contributed by atoms with Crippen LogP contribution in [0.15, 0.2) is 168 Å². The van der Waals surface area contributed by atoms with Crippen molar-refractivity contribution in [2.75, 3.05) is 4.90 Å². The second-order valence-corrected chi connectivity index (χ2v) is 10.6. The molecule has 198 valence electrons. The molecule has 0 radical (unpaired) electrons. The Kier molecular flexibility index (Phi) is 5.82. The van der Waals surface area contributed by atoms with Crippen LogP contribution in [0.2, 0.25) is 0 Å². The fourth-order valence-corrected chi connectivity index (χ4v) is 5.99. The molecule has 0 aliphatic heterocycles. The number of fused-ring (bicyclic) bond motifs is 3. The number of anilines is 3.